The largest absolute Gasteiger partial charge is 0.481 e. The fourth-order valence-electron chi connectivity index (χ4n) is 1.59. The van der Waals surface area contributed by atoms with Gasteiger partial charge in [0.25, 0.3) is 0 Å². The molecule has 0 radical (unpaired) electrons. The molecule has 2 amide bonds. The van der Waals surface area contributed by atoms with Gasteiger partial charge in [-0.3, -0.25) is 4.79 Å². The first kappa shape index (κ1) is 15.5. The lowest BCUT2D eigenvalue weighted by Crippen LogP contribution is -2.32. The first-order valence-electron chi connectivity index (χ1n) is 6.22. The summed E-state index contributed by atoms with van der Waals surface area (Å²) in [6.07, 6.45) is 0.755. The van der Waals surface area contributed by atoms with E-state index in [1.807, 2.05) is 12.1 Å². The molecular weight excluding hydrogens is 258 g/mol. The number of benzene rings is 1. The molecule has 1 rings (SSSR count). The van der Waals surface area contributed by atoms with Gasteiger partial charge in [-0.2, -0.15) is 5.26 Å². The van der Waals surface area contributed by atoms with Gasteiger partial charge in [-0.05, 0) is 24.1 Å². The van der Waals surface area contributed by atoms with Gasteiger partial charge in [-0.25, -0.2) is 4.79 Å². The Bertz CT molecular complexity index is 523. The molecule has 6 heteroatoms. The van der Waals surface area contributed by atoms with E-state index in [0.717, 1.165) is 5.56 Å². The van der Waals surface area contributed by atoms with Crippen molar-refractivity contribution in [2.75, 3.05) is 18.9 Å². The zero-order chi connectivity index (χ0) is 15.0. The second-order valence-corrected chi connectivity index (χ2v) is 4.35. The van der Waals surface area contributed by atoms with E-state index < -0.39 is 5.97 Å². The minimum atomic E-state index is -0.851. The number of carboxylic acid groups (broad SMARTS) is 1. The number of hydrogen-bond donors (Lipinski definition) is 2. The van der Waals surface area contributed by atoms with Gasteiger partial charge in [-0.15, -0.1) is 0 Å². The van der Waals surface area contributed by atoms with Crippen molar-refractivity contribution in [3.05, 3.63) is 29.8 Å². The van der Waals surface area contributed by atoms with E-state index >= 15 is 0 Å². The van der Waals surface area contributed by atoms with Gasteiger partial charge in [0.05, 0.1) is 12.5 Å². The Morgan fingerprint density at radius 1 is 1.45 bits per heavy atom. The third-order valence-corrected chi connectivity index (χ3v) is 2.71. The average Bonchev–Trinajstić information content (AvgIpc) is 2.42. The lowest BCUT2D eigenvalue weighted by molar-refractivity contribution is -0.136. The molecule has 0 spiro atoms. The highest BCUT2D eigenvalue weighted by molar-refractivity contribution is 5.89. The van der Waals surface area contributed by atoms with Crippen LogP contribution in [0, 0.1) is 11.3 Å². The van der Waals surface area contributed by atoms with Crippen LogP contribution in [0.4, 0.5) is 10.5 Å². The molecule has 0 heterocycles. The molecule has 106 valence electrons. The SMILES string of the molecule is CN(CCC#N)C(=O)Nc1cccc(CCC(=O)O)c1. The molecule has 0 bridgehead atoms. The highest BCUT2D eigenvalue weighted by atomic mass is 16.4. The number of anilines is 1. The molecule has 6 nitrogen and oxygen atoms in total. The number of nitrogens with one attached hydrogen (secondary N) is 1. The molecule has 0 fully saturated rings. The predicted molar refractivity (Wildman–Crippen MR) is 74.3 cm³/mol. The maximum absolute atomic E-state index is 11.8. The summed E-state index contributed by atoms with van der Waals surface area (Å²) in [6, 6.07) is 8.75. The van der Waals surface area contributed by atoms with Gasteiger partial charge in [0.2, 0.25) is 0 Å². The maximum atomic E-state index is 11.8. The highest BCUT2D eigenvalue weighted by Gasteiger charge is 2.08. The van der Waals surface area contributed by atoms with Crippen molar-refractivity contribution in [3.63, 3.8) is 0 Å². The van der Waals surface area contributed by atoms with Crippen LogP contribution in [0.5, 0.6) is 0 Å². The van der Waals surface area contributed by atoms with Crippen LogP contribution in [0.2, 0.25) is 0 Å². The highest BCUT2D eigenvalue weighted by Crippen LogP contribution is 2.13. The summed E-state index contributed by atoms with van der Waals surface area (Å²) in [4.78, 5) is 23.8. The van der Waals surface area contributed by atoms with Crippen LogP contribution < -0.4 is 5.32 Å². The number of aryl methyl sites for hydroxylation is 1. The summed E-state index contributed by atoms with van der Waals surface area (Å²) in [6.45, 7) is 0.362. The minimum Gasteiger partial charge on any atom is -0.481 e. The van der Waals surface area contributed by atoms with Crippen LogP contribution in [0.3, 0.4) is 0 Å². The van der Waals surface area contributed by atoms with Crippen LogP contribution in [-0.4, -0.2) is 35.6 Å². The first-order chi connectivity index (χ1) is 9.52. The van der Waals surface area contributed by atoms with Crippen LogP contribution >= 0.6 is 0 Å². The van der Waals surface area contributed by atoms with E-state index in [9.17, 15) is 9.59 Å². The fourth-order valence-corrected chi connectivity index (χ4v) is 1.59. The van der Waals surface area contributed by atoms with E-state index in [1.165, 1.54) is 4.90 Å². The molecule has 0 aliphatic rings. The van der Waals surface area contributed by atoms with E-state index in [0.29, 0.717) is 18.7 Å². The summed E-state index contributed by atoms with van der Waals surface area (Å²) >= 11 is 0. The topological polar surface area (TPSA) is 93.4 Å². The van der Waals surface area contributed by atoms with Crippen molar-refractivity contribution >= 4 is 17.7 Å². The lowest BCUT2D eigenvalue weighted by atomic mass is 10.1. The Morgan fingerprint density at radius 3 is 2.85 bits per heavy atom. The van der Waals surface area contributed by atoms with Gasteiger partial charge < -0.3 is 15.3 Å². The Hall–Kier alpha value is -2.55. The molecule has 0 saturated heterocycles. The van der Waals surface area contributed by atoms with E-state index in [1.54, 1.807) is 25.2 Å². The lowest BCUT2D eigenvalue weighted by Gasteiger charge is -2.16. The summed E-state index contributed by atoms with van der Waals surface area (Å²) in [5, 5.41) is 19.8. The standard InChI is InChI=1S/C14H17N3O3/c1-17(9-3-8-15)14(20)16-12-5-2-4-11(10-12)6-7-13(18)19/h2,4-5,10H,3,6-7,9H2,1H3,(H,16,20)(H,18,19). The quantitative estimate of drug-likeness (QED) is 0.831. The second kappa shape index (κ2) is 7.79. The van der Waals surface area contributed by atoms with Crippen LogP contribution in [-0.2, 0) is 11.2 Å². The Labute approximate surface area is 117 Å². The zero-order valence-electron chi connectivity index (χ0n) is 11.3. The van der Waals surface area contributed by atoms with Gasteiger partial charge in [0.15, 0.2) is 0 Å². The number of urea groups is 1. The van der Waals surface area contributed by atoms with Gasteiger partial charge in [-0.1, -0.05) is 12.1 Å². The summed E-state index contributed by atoms with van der Waals surface area (Å²) in [5.41, 5.74) is 1.46. The minimum absolute atomic E-state index is 0.0550. The predicted octanol–water partition coefficient (Wildman–Crippen LogP) is 2.08. The van der Waals surface area contributed by atoms with Crippen molar-refractivity contribution in [3.8, 4) is 6.07 Å². The van der Waals surface area contributed by atoms with Crippen molar-refractivity contribution in [1.29, 1.82) is 5.26 Å². The molecule has 1 aromatic carbocycles. The van der Waals surface area contributed by atoms with Crippen LogP contribution in [0.25, 0.3) is 0 Å². The van der Waals surface area contributed by atoms with Crippen molar-refractivity contribution in [2.24, 2.45) is 0 Å². The third-order valence-electron chi connectivity index (χ3n) is 2.71. The number of aliphatic carboxylic acids is 1. The van der Waals surface area contributed by atoms with Crippen molar-refractivity contribution < 1.29 is 14.7 Å². The Balaban J connectivity index is 2.59. The average molecular weight is 275 g/mol. The smallest absolute Gasteiger partial charge is 0.321 e. The van der Waals surface area contributed by atoms with E-state index in [-0.39, 0.29) is 18.9 Å². The molecule has 1 aromatic rings. The molecular formula is C14H17N3O3. The van der Waals surface area contributed by atoms with Gasteiger partial charge >= 0.3 is 12.0 Å². The van der Waals surface area contributed by atoms with Gasteiger partial charge in [0, 0.05) is 25.7 Å². The van der Waals surface area contributed by atoms with Crippen LogP contribution in [0.15, 0.2) is 24.3 Å². The van der Waals surface area contributed by atoms with Crippen molar-refractivity contribution in [2.45, 2.75) is 19.3 Å². The third kappa shape index (κ3) is 5.40. The molecule has 0 atom stereocenters. The molecule has 0 unspecified atom stereocenters. The number of nitriles is 1. The summed E-state index contributed by atoms with van der Waals surface area (Å²) < 4.78 is 0. The zero-order valence-corrected chi connectivity index (χ0v) is 11.3. The summed E-state index contributed by atoms with van der Waals surface area (Å²) in [7, 11) is 1.61. The number of carbonyl (C=O) groups excluding carboxylic acids is 1. The van der Waals surface area contributed by atoms with E-state index in [4.69, 9.17) is 10.4 Å². The molecule has 20 heavy (non-hydrogen) atoms. The number of nitrogens with zero attached hydrogens (tertiary/aromatic N) is 2. The number of hydrogen-bond acceptors (Lipinski definition) is 3. The van der Waals surface area contributed by atoms with Gasteiger partial charge in [0.1, 0.15) is 0 Å². The number of carboxylic acids is 1. The molecule has 0 aliphatic carbocycles. The number of carbonyl (C=O) groups is 2. The normalized spacial score (nSPS) is 9.60. The van der Waals surface area contributed by atoms with E-state index in [2.05, 4.69) is 5.32 Å². The summed E-state index contributed by atoms with van der Waals surface area (Å²) in [5.74, 6) is -0.851. The molecule has 0 aliphatic heterocycles. The Morgan fingerprint density at radius 2 is 2.20 bits per heavy atom. The van der Waals surface area contributed by atoms with Crippen molar-refractivity contribution in [1.82, 2.24) is 4.90 Å². The van der Waals surface area contributed by atoms with Crippen LogP contribution in [0.1, 0.15) is 18.4 Å². The first-order valence-corrected chi connectivity index (χ1v) is 6.22. The maximum Gasteiger partial charge on any atom is 0.321 e. The molecule has 2 N–H and O–H groups in total. The number of rotatable bonds is 6. The monoisotopic (exact) mass is 275 g/mol. The molecule has 0 saturated carbocycles. The Kier molecular flexibility index (Phi) is 6.04. The fraction of sp³-hybridized carbons (Fsp3) is 0.357. The second-order valence-electron chi connectivity index (χ2n) is 4.35. The molecule has 0 aromatic heterocycles. The number of amides is 2.